The van der Waals surface area contributed by atoms with Gasteiger partial charge in [-0.15, -0.1) is 0 Å². The van der Waals surface area contributed by atoms with Crippen molar-refractivity contribution in [2.24, 2.45) is 5.92 Å². The van der Waals surface area contributed by atoms with Gasteiger partial charge < -0.3 is 29.8 Å². The van der Waals surface area contributed by atoms with Crippen molar-refractivity contribution in [3.05, 3.63) is 35.5 Å². The smallest absolute Gasteiger partial charge is 0.255 e. The first kappa shape index (κ1) is 26.9. The Morgan fingerprint density at radius 3 is 2.41 bits per heavy atom. The quantitative estimate of drug-likeness (QED) is 0.359. The molecule has 2 aliphatic rings. The molecule has 1 aromatic carbocycles. The van der Waals surface area contributed by atoms with E-state index in [0.717, 1.165) is 38.5 Å². The summed E-state index contributed by atoms with van der Waals surface area (Å²) in [5, 5.41) is 6.11. The van der Waals surface area contributed by atoms with Gasteiger partial charge in [0.15, 0.2) is 11.6 Å². The molecule has 0 aliphatic heterocycles. The molecular weight excluding hydrogens is 505 g/mol. The number of fused-ring (bicyclic) bond motifs is 1. The molecule has 11 heteroatoms. The average Bonchev–Trinajstić information content (AvgIpc) is 3.68. The van der Waals surface area contributed by atoms with Crippen LogP contribution in [0.3, 0.4) is 0 Å². The zero-order valence-electron chi connectivity index (χ0n) is 22.4. The Labute approximate surface area is 226 Å². The summed E-state index contributed by atoms with van der Waals surface area (Å²) in [4.78, 5) is 37.4. The Kier molecular flexibility index (Phi) is 7.97. The van der Waals surface area contributed by atoms with Crippen LogP contribution in [0.1, 0.15) is 54.6 Å². The molecule has 10 nitrogen and oxygen atoms in total. The molecule has 2 amide bonds. The Bertz CT molecular complexity index is 1360. The fourth-order valence-corrected chi connectivity index (χ4v) is 5.13. The first-order valence-corrected chi connectivity index (χ1v) is 13.3. The Morgan fingerprint density at radius 1 is 1.03 bits per heavy atom. The zero-order chi connectivity index (χ0) is 27.5. The number of nitrogens with zero attached hydrogens (tertiary/aromatic N) is 2. The number of aromatic nitrogens is 3. The number of carbonyl (C=O) groups excluding carboxylic acids is 2. The molecular formula is C28H34FN5O5. The van der Waals surface area contributed by atoms with E-state index in [4.69, 9.17) is 14.2 Å². The summed E-state index contributed by atoms with van der Waals surface area (Å²) in [6, 6.07) is 2.96. The Balaban J connectivity index is 1.37. The van der Waals surface area contributed by atoms with Crippen LogP contribution in [0.15, 0.2) is 18.5 Å². The summed E-state index contributed by atoms with van der Waals surface area (Å²) in [5.74, 6) is 0.0479. The van der Waals surface area contributed by atoms with E-state index in [1.807, 2.05) is 6.92 Å². The molecule has 3 N–H and O–H groups in total. The van der Waals surface area contributed by atoms with Crippen molar-refractivity contribution < 1.29 is 28.2 Å². The zero-order valence-corrected chi connectivity index (χ0v) is 22.4. The minimum absolute atomic E-state index is 0.0116. The van der Waals surface area contributed by atoms with Crippen molar-refractivity contribution in [3.8, 4) is 22.8 Å². The van der Waals surface area contributed by atoms with Crippen molar-refractivity contribution in [2.75, 3.05) is 27.4 Å². The van der Waals surface area contributed by atoms with Gasteiger partial charge >= 0.3 is 0 Å². The van der Waals surface area contributed by atoms with Gasteiger partial charge in [0.25, 0.3) is 5.91 Å². The number of rotatable bonds is 10. The molecule has 2 aromatic heterocycles. The van der Waals surface area contributed by atoms with E-state index in [2.05, 4.69) is 25.6 Å². The lowest BCUT2D eigenvalue weighted by atomic mass is 9.91. The van der Waals surface area contributed by atoms with E-state index in [9.17, 15) is 14.0 Å². The van der Waals surface area contributed by atoms with Crippen molar-refractivity contribution in [3.63, 3.8) is 0 Å². The van der Waals surface area contributed by atoms with Crippen LogP contribution in [0.5, 0.6) is 11.5 Å². The van der Waals surface area contributed by atoms with Gasteiger partial charge in [-0.3, -0.25) is 9.59 Å². The van der Waals surface area contributed by atoms with Gasteiger partial charge in [0.05, 0.1) is 24.8 Å². The second-order valence-electron chi connectivity index (χ2n) is 10.3. The number of amides is 2. The van der Waals surface area contributed by atoms with Crippen LogP contribution in [0, 0.1) is 18.7 Å². The number of halogens is 1. The van der Waals surface area contributed by atoms with Gasteiger partial charge in [-0.05, 0) is 57.4 Å². The molecule has 208 valence electrons. The lowest BCUT2D eigenvalue weighted by molar-refractivity contribution is -0.125. The number of methoxy groups -OCH3 is 2. The van der Waals surface area contributed by atoms with Crippen molar-refractivity contribution >= 4 is 22.8 Å². The van der Waals surface area contributed by atoms with Gasteiger partial charge in [0, 0.05) is 36.5 Å². The summed E-state index contributed by atoms with van der Waals surface area (Å²) >= 11 is 0. The minimum atomic E-state index is -0.520. The van der Waals surface area contributed by atoms with Crippen LogP contribution in [0.25, 0.3) is 22.3 Å². The largest absolute Gasteiger partial charge is 0.494 e. The van der Waals surface area contributed by atoms with Crippen LogP contribution in [-0.4, -0.2) is 66.3 Å². The fraction of sp³-hybridized carbons (Fsp3) is 0.500. The molecule has 39 heavy (non-hydrogen) atoms. The number of aromatic amines is 1. The SMILES string of the molecule is COCC(=O)N[C@H]1CC[C@@H](NC(=O)c2c(C)[nH]c3c(-c4cc(OC)c(F)cc4OCC4CC4)ncnc23)CC1. The lowest BCUT2D eigenvalue weighted by Gasteiger charge is -2.29. The molecule has 3 aromatic rings. The standard InChI is InChI=1S/C28H34FN5O5/c1-15-24(28(36)34-18-8-6-17(7-9-18)33-23(35)13-37-2)26-27(32-15)25(30-14-31-26)19-10-22(38-3)20(29)11-21(19)39-12-16-4-5-16/h10-11,14,16-18,32H,4-9,12-13H2,1-3H3,(H,33,35)(H,34,36)/t17-,18+. The average molecular weight is 540 g/mol. The maximum absolute atomic E-state index is 14.6. The first-order chi connectivity index (χ1) is 18.9. The summed E-state index contributed by atoms with van der Waals surface area (Å²) in [6.45, 7) is 2.36. The highest BCUT2D eigenvalue weighted by atomic mass is 19.1. The summed E-state index contributed by atoms with van der Waals surface area (Å²) in [5.41, 5.74) is 3.20. The molecule has 2 aliphatic carbocycles. The highest BCUT2D eigenvalue weighted by Gasteiger charge is 2.28. The van der Waals surface area contributed by atoms with E-state index < -0.39 is 5.82 Å². The molecule has 0 saturated heterocycles. The monoisotopic (exact) mass is 539 g/mol. The van der Waals surface area contributed by atoms with Gasteiger partial charge in [0.1, 0.15) is 29.9 Å². The second kappa shape index (κ2) is 11.6. The van der Waals surface area contributed by atoms with Crippen LogP contribution in [-0.2, 0) is 9.53 Å². The number of aryl methyl sites for hydroxylation is 1. The lowest BCUT2D eigenvalue weighted by Crippen LogP contribution is -2.44. The summed E-state index contributed by atoms with van der Waals surface area (Å²) in [7, 11) is 2.90. The molecule has 5 rings (SSSR count). The number of hydrogen-bond donors (Lipinski definition) is 3. The summed E-state index contributed by atoms with van der Waals surface area (Å²) in [6.07, 6.45) is 6.65. The van der Waals surface area contributed by atoms with Crippen LogP contribution in [0.4, 0.5) is 4.39 Å². The Morgan fingerprint density at radius 2 is 1.74 bits per heavy atom. The molecule has 0 atom stereocenters. The number of hydrogen-bond acceptors (Lipinski definition) is 7. The van der Waals surface area contributed by atoms with E-state index in [1.165, 1.54) is 26.6 Å². The molecule has 2 heterocycles. The highest BCUT2D eigenvalue weighted by Crippen LogP contribution is 2.39. The summed E-state index contributed by atoms with van der Waals surface area (Å²) < 4.78 is 30.7. The van der Waals surface area contributed by atoms with E-state index in [0.29, 0.717) is 51.8 Å². The van der Waals surface area contributed by atoms with Gasteiger partial charge in [-0.25, -0.2) is 14.4 Å². The third-order valence-electron chi connectivity index (χ3n) is 7.38. The maximum atomic E-state index is 14.6. The first-order valence-electron chi connectivity index (χ1n) is 13.3. The molecule has 0 spiro atoms. The van der Waals surface area contributed by atoms with E-state index in [-0.39, 0.29) is 36.3 Å². The minimum Gasteiger partial charge on any atom is -0.494 e. The van der Waals surface area contributed by atoms with Gasteiger partial charge in [-0.2, -0.15) is 0 Å². The number of ether oxygens (including phenoxy) is 3. The second-order valence-corrected chi connectivity index (χ2v) is 10.3. The molecule has 2 fully saturated rings. The van der Waals surface area contributed by atoms with Crippen LogP contribution < -0.4 is 20.1 Å². The van der Waals surface area contributed by atoms with Crippen molar-refractivity contribution in [2.45, 2.75) is 57.5 Å². The van der Waals surface area contributed by atoms with Crippen molar-refractivity contribution in [1.82, 2.24) is 25.6 Å². The van der Waals surface area contributed by atoms with E-state index >= 15 is 0 Å². The topological polar surface area (TPSA) is 127 Å². The fourth-order valence-electron chi connectivity index (χ4n) is 5.13. The molecule has 0 unspecified atom stereocenters. The van der Waals surface area contributed by atoms with Crippen LogP contribution in [0.2, 0.25) is 0 Å². The molecule has 2 saturated carbocycles. The third-order valence-corrected chi connectivity index (χ3v) is 7.38. The number of nitrogens with one attached hydrogen (secondary N) is 3. The van der Waals surface area contributed by atoms with Crippen LogP contribution >= 0.6 is 0 Å². The van der Waals surface area contributed by atoms with E-state index in [1.54, 1.807) is 6.07 Å². The number of carbonyl (C=O) groups is 2. The normalized spacial score (nSPS) is 19.1. The molecule has 0 bridgehead atoms. The number of benzene rings is 1. The van der Waals surface area contributed by atoms with Gasteiger partial charge in [0.2, 0.25) is 5.91 Å². The third kappa shape index (κ3) is 5.98. The maximum Gasteiger partial charge on any atom is 0.255 e. The highest BCUT2D eigenvalue weighted by molar-refractivity contribution is 6.09. The number of H-pyrrole nitrogens is 1. The predicted molar refractivity (Wildman–Crippen MR) is 142 cm³/mol. The molecule has 0 radical (unpaired) electrons. The Hall–Kier alpha value is -3.73. The predicted octanol–water partition coefficient (Wildman–Crippen LogP) is 3.67. The van der Waals surface area contributed by atoms with Gasteiger partial charge in [-0.1, -0.05) is 0 Å². The van der Waals surface area contributed by atoms with Crippen molar-refractivity contribution in [1.29, 1.82) is 0 Å².